The standard InChI is InChI=1S/C14H23N3O2/c1-4-19-9-13(10(2)3)16-14(18)11-7-5-6-8-12(11)17-15/h5-8,10,13,17H,4,9,15H2,1-3H3,(H,16,18). The summed E-state index contributed by atoms with van der Waals surface area (Å²) in [6.07, 6.45) is 0. The third kappa shape index (κ3) is 4.54. The monoisotopic (exact) mass is 265 g/mol. The summed E-state index contributed by atoms with van der Waals surface area (Å²) in [7, 11) is 0. The van der Waals surface area contributed by atoms with Gasteiger partial charge in [-0.25, -0.2) is 0 Å². The lowest BCUT2D eigenvalue weighted by molar-refractivity contribution is 0.0807. The number of carbonyl (C=O) groups is 1. The summed E-state index contributed by atoms with van der Waals surface area (Å²) in [6, 6.07) is 7.12. The van der Waals surface area contributed by atoms with Gasteiger partial charge < -0.3 is 15.5 Å². The molecule has 1 unspecified atom stereocenters. The smallest absolute Gasteiger partial charge is 0.253 e. The molecule has 4 N–H and O–H groups in total. The second-order valence-electron chi connectivity index (χ2n) is 4.67. The molecule has 1 atom stereocenters. The molecule has 0 aliphatic rings. The number of hydrazine groups is 1. The van der Waals surface area contributed by atoms with Crippen LogP contribution in [0.4, 0.5) is 5.69 Å². The van der Waals surface area contributed by atoms with Crippen molar-refractivity contribution < 1.29 is 9.53 Å². The Hall–Kier alpha value is -1.59. The molecule has 19 heavy (non-hydrogen) atoms. The van der Waals surface area contributed by atoms with E-state index in [-0.39, 0.29) is 11.9 Å². The van der Waals surface area contributed by atoms with Gasteiger partial charge in [-0.1, -0.05) is 26.0 Å². The Morgan fingerprint density at radius 1 is 1.37 bits per heavy atom. The van der Waals surface area contributed by atoms with Gasteiger partial charge in [0.25, 0.3) is 5.91 Å². The summed E-state index contributed by atoms with van der Waals surface area (Å²) >= 11 is 0. The van der Waals surface area contributed by atoms with E-state index in [9.17, 15) is 4.79 Å². The molecule has 1 aromatic carbocycles. The van der Waals surface area contributed by atoms with Crippen LogP contribution >= 0.6 is 0 Å². The summed E-state index contributed by atoms with van der Waals surface area (Å²) < 4.78 is 5.40. The number of hydrogen-bond acceptors (Lipinski definition) is 4. The van der Waals surface area contributed by atoms with Crippen LogP contribution in [0.5, 0.6) is 0 Å². The first-order chi connectivity index (χ1) is 9.10. The van der Waals surface area contributed by atoms with Crippen LogP contribution in [0.2, 0.25) is 0 Å². The zero-order valence-corrected chi connectivity index (χ0v) is 11.8. The quantitative estimate of drug-likeness (QED) is 0.518. The number of ether oxygens (including phenoxy) is 1. The van der Waals surface area contributed by atoms with E-state index in [0.29, 0.717) is 30.4 Å². The number of amides is 1. The Morgan fingerprint density at radius 3 is 2.63 bits per heavy atom. The zero-order chi connectivity index (χ0) is 14.3. The van der Waals surface area contributed by atoms with Crippen LogP contribution in [-0.2, 0) is 4.74 Å². The Balaban J connectivity index is 2.76. The molecule has 0 aromatic heterocycles. The Bertz CT molecular complexity index is 407. The lowest BCUT2D eigenvalue weighted by Crippen LogP contribution is -2.42. The van der Waals surface area contributed by atoms with Gasteiger partial charge in [0.15, 0.2) is 0 Å². The van der Waals surface area contributed by atoms with Gasteiger partial charge in [-0.15, -0.1) is 0 Å². The number of hydrogen-bond donors (Lipinski definition) is 3. The molecular formula is C14H23N3O2. The number of carbonyl (C=O) groups excluding carboxylic acids is 1. The fourth-order valence-corrected chi connectivity index (χ4v) is 1.70. The first-order valence-corrected chi connectivity index (χ1v) is 6.54. The number of anilines is 1. The summed E-state index contributed by atoms with van der Waals surface area (Å²) in [5.41, 5.74) is 3.67. The van der Waals surface area contributed by atoms with Gasteiger partial charge >= 0.3 is 0 Å². The molecule has 0 aliphatic heterocycles. The van der Waals surface area contributed by atoms with Gasteiger partial charge in [-0.2, -0.15) is 0 Å². The molecule has 0 saturated carbocycles. The van der Waals surface area contributed by atoms with Crippen molar-refractivity contribution in [1.29, 1.82) is 0 Å². The number of nitrogen functional groups attached to an aromatic ring is 1. The molecule has 106 valence electrons. The molecule has 5 nitrogen and oxygen atoms in total. The van der Waals surface area contributed by atoms with Crippen molar-refractivity contribution in [1.82, 2.24) is 5.32 Å². The third-order valence-electron chi connectivity index (χ3n) is 2.95. The summed E-state index contributed by atoms with van der Waals surface area (Å²) in [5.74, 6) is 5.56. The van der Waals surface area contributed by atoms with Gasteiger partial charge in [0.1, 0.15) is 0 Å². The molecule has 1 rings (SSSR count). The summed E-state index contributed by atoms with van der Waals surface area (Å²) in [6.45, 7) is 7.19. The SMILES string of the molecule is CCOCC(NC(=O)c1ccccc1NN)C(C)C. The number of benzene rings is 1. The fourth-order valence-electron chi connectivity index (χ4n) is 1.70. The van der Waals surface area contributed by atoms with Crippen molar-refractivity contribution in [2.45, 2.75) is 26.8 Å². The van der Waals surface area contributed by atoms with Crippen LogP contribution in [0.25, 0.3) is 0 Å². The minimum Gasteiger partial charge on any atom is -0.380 e. The van der Waals surface area contributed by atoms with Gasteiger partial charge in [-0.05, 0) is 25.0 Å². The number of nitrogens with one attached hydrogen (secondary N) is 2. The van der Waals surface area contributed by atoms with Crippen LogP contribution in [0.3, 0.4) is 0 Å². The van der Waals surface area contributed by atoms with E-state index < -0.39 is 0 Å². The minimum atomic E-state index is -0.146. The van der Waals surface area contributed by atoms with E-state index in [4.69, 9.17) is 10.6 Å². The maximum Gasteiger partial charge on any atom is 0.253 e. The lowest BCUT2D eigenvalue weighted by atomic mass is 10.0. The number of nitrogens with two attached hydrogens (primary N) is 1. The van der Waals surface area contributed by atoms with Crippen molar-refractivity contribution in [3.8, 4) is 0 Å². The van der Waals surface area contributed by atoms with E-state index in [0.717, 1.165) is 0 Å². The summed E-state index contributed by atoms with van der Waals surface area (Å²) in [5, 5.41) is 2.98. The normalized spacial score (nSPS) is 12.3. The topological polar surface area (TPSA) is 76.4 Å². The lowest BCUT2D eigenvalue weighted by Gasteiger charge is -2.22. The molecule has 0 bridgehead atoms. The van der Waals surface area contributed by atoms with Crippen molar-refractivity contribution in [3.63, 3.8) is 0 Å². The average Bonchev–Trinajstić information content (AvgIpc) is 2.42. The second-order valence-corrected chi connectivity index (χ2v) is 4.67. The van der Waals surface area contributed by atoms with Gasteiger partial charge in [0.05, 0.1) is 23.9 Å². The molecule has 0 radical (unpaired) electrons. The molecular weight excluding hydrogens is 242 g/mol. The maximum absolute atomic E-state index is 12.2. The first kappa shape index (κ1) is 15.5. The van der Waals surface area contributed by atoms with E-state index in [1.54, 1.807) is 12.1 Å². The van der Waals surface area contributed by atoms with E-state index >= 15 is 0 Å². The third-order valence-corrected chi connectivity index (χ3v) is 2.95. The van der Waals surface area contributed by atoms with Crippen molar-refractivity contribution in [2.24, 2.45) is 11.8 Å². The van der Waals surface area contributed by atoms with E-state index in [1.165, 1.54) is 0 Å². The molecule has 0 aliphatic carbocycles. The van der Waals surface area contributed by atoms with Crippen molar-refractivity contribution in [2.75, 3.05) is 18.6 Å². The molecule has 0 saturated heterocycles. The predicted octanol–water partition coefficient (Wildman–Crippen LogP) is 1.76. The number of para-hydroxylation sites is 1. The largest absolute Gasteiger partial charge is 0.380 e. The van der Waals surface area contributed by atoms with Crippen LogP contribution in [0.1, 0.15) is 31.1 Å². The minimum absolute atomic E-state index is 0.0155. The van der Waals surface area contributed by atoms with Gasteiger partial charge in [0, 0.05) is 6.61 Å². The highest BCUT2D eigenvalue weighted by Crippen LogP contribution is 2.14. The Morgan fingerprint density at radius 2 is 2.05 bits per heavy atom. The highest BCUT2D eigenvalue weighted by Gasteiger charge is 2.18. The number of rotatable bonds is 7. The molecule has 0 heterocycles. The highest BCUT2D eigenvalue weighted by atomic mass is 16.5. The van der Waals surface area contributed by atoms with Crippen molar-refractivity contribution in [3.05, 3.63) is 29.8 Å². The molecule has 0 fully saturated rings. The Labute approximate surface area is 114 Å². The van der Waals surface area contributed by atoms with Crippen molar-refractivity contribution >= 4 is 11.6 Å². The van der Waals surface area contributed by atoms with Crippen LogP contribution in [0.15, 0.2) is 24.3 Å². The molecule has 1 aromatic rings. The predicted molar refractivity (Wildman–Crippen MR) is 76.8 cm³/mol. The Kier molecular flexibility index (Phi) is 6.32. The highest BCUT2D eigenvalue weighted by molar-refractivity contribution is 5.99. The van der Waals surface area contributed by atoms with Gasteiger partial charge in [0.2, 0.25) is 0 Å². The van der Waals surface area contributed by atoms with Gasteiger partial charge in [-0.3, -0.25) is 10.6 Å². The summed E-state index contributed by atoms with van der Waals surface area (Å²) in [4.78, 5) is 12.2. The van der Waals surface area contributed by atoms with E-state index in [2.05, 4.69) is 24.6 Å². The van der Waals surface area contributed by atoms with E-state index in [1.807, 2.05) is 19.1 Å². The maximum atomic E-state index is 12.2. The van der Waals surface area contributed by atoms with Crippen LogP contribution in [0, 0.1) is 5.92 Å². The molecule has 1 amide bonds. The molecule has 5 heteroatoms. The zero-order valence-electron chi connectivity index (χ0n) is 11.8. The first-order valence-electron chi connectivity index (χ1n) is 6.54. The molecule has 0 spiro atoms. The van der Waals surface area contributed by atoms with Crippen LogP contribution < -0.4 is 16.6 Å². The average molecular weight is 265 g/mol. The van der Waals surface area contributed by atoms with Crippen LogP contribution in [-0.4, -0.2) is 25.2 Å². The fraction of sp³-hybridized carbons (Fsp3) is 0.500. The second kappa shape index (κ2) is 7.76.